The van der Waals surface area contributed by atoms with Crippen LogP contribution in [0.1, 0.15) is 10.4 Å². The van der Waals surface area contributed by atoms with Crippen LogP contribution in [-0.2, 0) is 4.74 Å². The fourth-order valence-corrected chi connectivity index (χ4v) is 1.12. The highest BCUT2D eigenvalue weighted by atomic mass is 16.5. The molecule has 0 saturated heterocycles. The molecule has 2 rings (SSSR count). The van der Waals surface area contributed by atoms with Crippen LogP contribution >= 0.6 is 0 Å². The Morgan fingerprint density at radius 3 is 3.00 bits per heavy atom. The predicted octanol–water partition coefficient (Wildman–Crippen LogP) is 0.744. The first kappa shape index (κ1) is 7.72. The molecule has 0 aliphatic heterocycles. The van der Waals surface area contributed by atoms with E-state index >= 15 is 0 Å². The van der Waals surface area contributed by atoms with E-state index in [1.807, 2.05) is 0 Å². The van der Waals surface area contributed by atoms with E-state index < -0.39 is 5.97 Å². The molecule has 2 heterocycles. The Hall–Kier alpha value is -1.91. The predicted molar refractivity (Wildman–Crippen MR) is 45.2 cm³/mol. The quantitative estimate of drug-likeness (QED) is 0.652. The molecule has 0 spiro atoms. The lowest BCUT2D eigenvalue weighted by atomic mass is 10.3. The third kappa shape index (κ3) is 1.14. The molecule has 0 amide bonds. The number of hydrogen-bond acceptors (Lipinski definition) is 4. The van der Waals surface area contributed by atoms with Crippen LogP contribution in [0.5, 0.6) is 0 Å². The van der Waals surface area contributed by atoms with E-state index in [1.54, 1.807) is 6.20 Å². The summed E-state index contributed by atoms with van der Waals surface area (Å²) in [5.41, 5.74) is 1.53. The number of fused-ring (bicyclic) bond motifs is 1. The lowest BCUT2D eigenvalue weighted by Crippen LogP contribution is -2.00. The molecular weight excluding hydrogens is 170 g/mol. The second-order valence-corrected chi connectivity index (χ2v) is 2.45. The van der Waals surface area contributed by atoms with Gasteiger partial charge in [-0.05, 0) is 0 Å². The van der Waals surface area contributed by atoms with Crippen molar-refractivity contribution >= 4 is 17.1 Å². The topological polar surface area (TPSA) is 67.9 Å². The number of aromatic nitrogens is 3. The Balaban J connectivity index is 2.64. The number of nitrogens with zero attached hydrogens (tertiary/aromatic N) is 2. The van der Waals surface area contributed by atoms with Gasteiger partial charge >= 0.3 is 5.97 Å². The molecule has 66 valence electrons. The molecular formula is C8H7N3O2. The highest BCUT2D eigenvalue weighted by molar-refractivity contribution is 6.01. The van der Waals surface area contributed by atoms with E-state index in [1.165, 1.54) is 19.5 Å². The van der Waals surface area contributed by atoms with Crippen molar-refractivity contribution in [1.82, 2.24) is 15.0 Å². The van der Waals surface area contributed by atoms with Gasteiger partial charge in [-0.2, -0.15) is 0 Å². The largest absolute Gasteiger partial charge is 0.465 e. The van der Waals surface area contributed by atoms with Crippen LogP contribution in [0.15, 0.2) is 18.6 Å². The van der Waals surface area contributed by atoms with E-state index in [2.05, 4.69) is 19.7 Å². The Kier molecular flexibility index (Phi) is 1.70. The second kappa shape index (κ2) is 2.85. The summed E-state index contributed by atoms with van der Waals surface area (Å²) in [5, 5.41) is 0. The van der Waals surface area contributed by atoms with Gasteiger partial charge in [-0.15, -0.1) is 0 Å². The Bertz CT molecular complexity index is 449. The minimum absolute atomic E-state index is 0.408. The van der Waals surface area contributed by atoms with Crippen molar-refractivity contribution in [2.75, 3.05) is 7.11 Å². The molecule has 0 saturated carbocycles. The highest BCUT2D eigenvalue weighted by Gasteiger charge is 2.12. The Labute approximate surface area is 73.8 Å². The third-order valence-electron chi connectivity index (χ3n) is 1.71. The molecule has 0 unspecified atom stereocenters. The number of hydrogen-bond donors (Lipinski definition) is 1. The molecule has 0 bridgehead atoms. The summed E-state index contributed by atoms with van der Waals surface area (Å²) in [6, 6.07) is 0. The minimum Gasteiger partial charge on any atom is -0.465 e. The van der Waals surface area contributed by atoms with Crippen molar-refractivity contribution in [3.05, 3.63) is 24.2 Å². The van der Waals surface area contributed by atoms with Crippen LogP contribution in [-0.4, -0.2) is 28.0 Å². The van der Waals surface area contributed by atoms with Gasteiger partial charge < -0.3 is 9.72 Å². The number of carbonyl (C=O) groups excluding carboxylic acids is 1. The minimum atomic E-state index is -0.410. The van der Waals surface area contributed by atoms with Gasteiger partial charge in [0, 0.05) is 18.6 Å². The fourth-order valence-electron chi connectivity index (χ4n) is 1.12. The third-order valence-corrected chi connectivity index (χ3v) is 1.71. The molecule has 5 nitrogen and oxygen atoms in total. The summed E-state index contributed by atoms with van der Waals surface area (Å²) < 4.78 is 4.58. The zero-order chi connectivity index (χ0) is 9.26. The van der Waals surface area contributed by atoms with Crippen molar-refractivity contribution in [2.24, 2.45) is 0 Å². The number of aromatic amines is 1. The molecule has 0 aliphatic carbocycles. The first-order chi connectivity index (χ1) is 6.33. The van der Waals surface area contributed by atoms with Gasteiger partial charge in [0.2, 0.25) is 0 Å². The molecule has 2 aromatic rings. The van der Waals surface area contributed by atoms with E-state index in [0.29, 0.717) is 16.7 Å². The summed E-state index contributed by atoms with van der Waals surface area (Å²) >= 11 is 0. The maximum absolute atomic E-state index is 11.2. The second-order valence-electron chi connectivity index (χ2n) is 2.45. The Morgan fingerprint density at radius 1 is 1.46 bits per heavy atom. The van der Waals surface area contributed by atoms with Gasteiger partial charge in [0.1, 0.15) is 11.1 Å². The van der Waals surface area contributed by atoms with Crippen LogP contribution in [0.2, 0.25) is 0 Å². The SMILES string of the molecule is COC(=O)c1c[nH]c2nccnc12. The number of nitrogens with one attached hydrogen (secondary N) is 1. The molecule has 2 aromatic heterocycles. The smallest absolute Gasteiger partial charge is 0.341 e. The van der Waals surface area contributed by atoms with E-state index in [4.69, 9.17) is 0 Å². The van der Waals surface area contributed by atoms with Crippen LogP contribution in [0.3, 0.4) is 0 Å². The molecule has 0 radical (unpaired) electrons. The lowest BCUT2D eigenvalue weighted by molar-refractivity contribution is 0.0603. The summed E-state index contributed by atoms with van der Waals surface area (Å²) in [4.78, 5) is 22.0. The first-order valence-corrected chi connectivity index (χ1v) is 3.69. The van der Waals surface area contributed by atoms with E-state index in [-0.39, 0.29) is 0 Å². The fraction of sp³-hybridized carbons (Fsp3) is 0.125. The molecule has 5 heteroatoms. The number of carbonyl (C=O) groups is 1. The van der Waals surface area contributed by atoms with Gasteiger partial charge in [0.15, 0.2) is 5.65 Å². The molecule has 0 aliphatic rings. The summed E-state index contributed by atoms with van der Waals surface area (Å²) in [6.07, 6.45) is 4.62. The van der Waals surface area contributed by atoms with Gasteiger partial charge in [-0.3, -0.25) is 4.98 Å². The normalized spacial score (nSPS) is 10.2. The summed E-state index contributed by atoms with van der Waals surface area (Å²) in [5.74, 6) is -0.410. The maximum Gasteiger partial charge on any atom is 0.341 e. The monoisotopic (exact) mass is 177 g/mol. The van der Waals surface area contributed by atoms with Gasteiger partial charge in [0.05, 0.1) is 7.11 Å². The zero-order valence-electron chi connectivity index (χ0n) is 6.94. The van der Waals surface area contributed by atoms with Crippen LogP contribution in [0.4, 0.5) is 0 Å². The van der Waals surface area contributed by atoms with Gasteiger partial charge in [-0.25, -0.2) is 9.78 Å². The van der Waals surface area contributed by atoms with Crippen LogP contribution in [0.25, 0.3) is 11.2 Å². The first-order valence-electron chi connectivity index (χ1n) is 3.69. The summed E-state index contributed by atoms with van der Waals surface area (Å²) in [7, 11) is 1.33. The summed E-state index contributed by atoms with van der Waals surface area (Å²) in [6.45, 7) is 0. The number of H-pyrrole nitrogens is 1. The van der Waals surface area contributed by atoms with Crippen molar-refractivity contribution in [3.63, 3.8) is 0 Å². The Morgan fingerprint density at radius 2 is 2.23 bits per heavy atom. The molecule has 13 heavy (non-hydrogen) atoms. The number of rotatable bonds is 1. The van der Waals surface area contributed by atoms with Gasteiger partial charge in [0.25, 0.3) is 0 Å². The number of ether oxygens (including phenoxy) is 1. The highest BCUT2D eigenvalue weighted by Crippen LogP contribution is 2.13. The van der Waals surface area contributed by atoms with Gasteiger partial charge in [-0.1, -0.05) is 0 Å². The number of esters is 1. The van der Waals surface area contributed by atoms with E-state index in [0.717, 1.165) is 0 Å². The maximum atomic E-state index is 11.2. The van der Waals surface area contributed by atoms with Crippen molar-refractivity contribution in [3.8, 4) is 0 Å². The van der Waals surface area contributed by atoms with Crippen LogP contribution < -0.4 is 0 Å². The molecule has 0 aromatic carbocycles. The molecule has 0 atom stereocenters. The molecule has 0 fully saturated rings. The van der Waals surface area contributed by atoms with Crippen molar-refractivity contribution < 1.29 is 9.53 Å². The number of methoxy groups -OCH3 is 1. The van der Waals surface area contributed by atoms with E-state index in [9.17, 15) is 4.79 Å². The average Bonchev–Trinajstić information content (AvgIpc) is 2.60. The van der Waals surface area contributed by atoms with Crippen LogP contribution in [0, 0.1) is 0 Å². The molecule has 1 N–H and O–H groups in total. The standard InChI is InChI=1S/C8H7N3O2/c1-13-8(12)5-4-11-7-6(5)9-2-3-10-7/h2-4H,1H3,(H,10,11). The van der Waals surface area contributed by atoms with Crippen molar-refractivity contribution in [1.29, 1.82) is 0 Å². The lowest BCUT2D eigenvalue weighted by Gasteiger charge is -1.93. The van der Waals surface area contributed by atoms with Crippen molar-refractivity contribution in [2.45, 2.75) is 0 Å². The zero-order valence-corrected chi connectivity index (χ0v) is 6.94. The average molecular weight is 177 g/mol.